The van der Waals surface area contributed by atoms with Gasteiger partial charge in [-0.3, -0.25) is 14.3 Å². The van der Waals surface area contributed by atoms with Crippen LogP contribution in [0, 0.1) is 0 Å². The van der Waals surface area contributed by atoms with Crippen molar-refractivity contribution < 1.29 is 13.6 Å². The molecule has 23 heavy (non-hydrogen) atoms. The van der Waals surface area contributed by atoms with Crippen LogP contribution in [-0.4, -0.2) is 46.5 Å². The summed E-state index contributed by atoms with van der Waals surface area (Å²) in [6, 6.07) is 7.13. The Hall–Kier alpha value is -1.60. The predicted molar refractivity (Wildman–Crippen MR) is 90.2 cm³/mol. The zero-order valence-corrected chi connectivity index (χ0v) is 13.7. The van der Waals surface area contributed by atoms with E-state index in [0.717, 1.165) is 27.9 Å². The highest BCUT2D eigenvalue weighted by Gasteiger charge is 2.21. The number of nitrogens with zero attached hydrogens (tertiary/aromatic N) is 2. The van der Waals surface area contributed by atoms with Gasteiger partial charge in [0.25, 0.3) is 0 Å². The topological polar surface area (TPSA) is 37.3 Å². The zero-order valence-electron chi connectivity index (χ0n) is 12.8. The fourth-order valence-electron chi connectivity index (χ4n) is 2.82. The van der Waals surface area contributed by atoms with E-state index in [1.54, 1.807) is 24.3 Å². The van der Waals surface area contributed by atoms with Gasteiger partial charge < -0.3 is 5.32 Å². The summed E-state index contributed by atoms with van der Waals surface area (Å²) in [4.78, 5) is 14.2. The number of rotatable bonds is 5. The first kappa shape index (κ1) is 16.3. The van der Waals surface area contributed by atoms with Gasteiger partial charge in [0.2, 0.25) is 5.91 Å². The molecule has 1 aliphatic rings. The average Bonchev–Trinajstić information content (AvgIpc) is 3.16. The van der Waals surface area contributed by atoms with Crippen LogP contribution in [-0.2, 0) is 4.79 Å². The predicted octanol–water partition coefficient (Wildman–Crippen LogP) is 3.41. The second-order valence-electron chi connectivity index (χ2n) is 5.75. The fraction of sp³-hybridized carbons (Fsp3) is 0.438. The number of benzene rings is 1. The van der Waals surface area contributed by atoms with E-state index in [1.165, 1.54) is 6.20 Å². The molecule has 1 aromatic heterocycles. The van der Waals surface area contributed by atoms with Crippen molar-refractivity contribution in [3.63, 3.8) is 0 Å². The Labute approximate surface area is 137 Å². The van der Waals surface area contributed by atoms with Gasteiger partial charge >= 0.3 is 6.55 Å². The third-order valence-corrected chi connectivity index (χ3v) is 5.28. The monoisotopic (exact) mass is 339 g/mol. The van der Waals surface area contributed by atoms with E-state index in [9.17, 15) is 13.6 Å². The number of hydrogen-bond donors (Lipinski definition) is 1. The summed E-state index contributed by atoms with van der Waals surface area (Å²) in [5, 5.41) is 3.52. The molecule has 0 radical (unpaired) electrons. The molecule has 0 bridgehead atoms. The van der Waals surface area contributed by atoms with Gasteiger partial charge in [-0.15, -0.1) is 0 Å². The van der Waals surface area contributed by atoms with Crippen LogP contribution in [0.5, 0.6) is 0 Å². The molecule has 1 atom stereocenters. The largest absolute Gasteiger partial charge is 0.325 e. The Morgan fingerprint density at radius 3 is 3.00 bits per heavy atom. The van der Waals surface area contributed by atoms with Crippen molar-refractivity contribution in [2.24, 2.45) is 0 Å². The Morgan fingerprint density at radius 1 is 1.48 bits per heavy atom. The Balaban J connectivity index is 1.68. The molecule has 1 fully saturated rings. The van der Waals surface area contributed by atoms with Crippen LogP contribution >= 0.6 is 11.8 Å². The Morgan fingerprint density at radius 2 is 2.30 bits per heavy atom. The van der Waals surface area contributed by atoms with E-state index in [4.69, 9.17) is 0 Å². The number of amides is 1. The lowest BCUT2D eigenvalue weighted by Gasteiger charge is -2.22. The minimum atomic E-state index is -2.59. The van der Waals surface area contributed by atoms with Crippen molar-refractivity contribution in [1.29, 1.82) is 0 Å². The lowest BCUT2D eigenvalue weighted by Crippen LogP contribution is -2.37. The van der Waals surface area contributed by atoms with E-state index in [-0.39, 0.29) is 5.91 Å². The number of nitrogens with one attached hydrogen (secondary N) is 1. The second-order valence-corrected chi connectivity index (χ2v) is 6.90. The first-order valence-corrected chi connectivity index (χ1v) is 8.66. The summed E-state index contributed by atoms with van der Waals surface area (Å²) in [5.74, 6) is 2.06. The maximum Gasteiger partial charge on any atom is 0.319 e. The standard InChI is InChI=1S/C16H19F2N3OS/c1-20(13-5-7-23-10-13)9-15(22)19-12-3-2-11-4-6-21(16(17)18)14(11)8-12/h2-4,6,8,13,16H,5,7,9-10H2,1H3,(H,19,22). The molecule has 2 heterocycles. The van der Waals surface area contributed by atoms with Crippen LogP contribution in [0.1, 0.15) is 13.0 Å². The average molecular weight is 339 g/mol. The number of thioether (sulfide) groups is 1. The molecule has 0 spiro atoms. The lowest BCUT2D eigenvalue weighted by molar-refractivity contribution is -0.117. The third-order valence-electron chi connectivity index (χ3n) is 4.14. The minimum absolute atomic E-state index is 0.126. The summed E-state index contributed by atoms with van der Waals surface area (Å²) in [6.45, 7) is -2.29. The third kappa shape index (κ3) is 3.67. The molecular weight excluding hydrogens is 320 g/mol. The summed E-state index contributed by atoms with van der Waals surface area (Å²) < 4.78 is 26.8. The normalized spacial score (nSPS) is 18.2. The molecule has 3 rings (SSSR count). The molecule has 1 N–H and O–H groups in total. The molecule has 1 aromatic carbocycles. The highest BCUT2D eigenvalue weighted by atomic mass is 32.2. The van der Waals surface area contributed by atoms with Crippen LogP contribution < -0.4 is 5.32 Å². The SMILES string of the molecule is CN(CC(=O)Nc1ccc2ccn(C(F)F)c2c1)C1CCSC1. The van der Waals surface area contributed by atoms with Crippen LogP contribution in [0.15, 0.2) is 30.5 Å². The number of anilines is 1. The number of halogens is 2. The quantitative estimate of drug-likeness (QED) is 0.907. The Bertz CT molecular complexity index is 698. The number of carbonyl (C=O) groups excluding carboxylic acids is 1. The van der Waals surface area contributed by atoms with E-state index in [2.05, 4.69) is 10.2 Å². The van der Waals surface area contributed by atoms with Gasteiger partial charge in [0, 0.05) is 23.7 Å². The van der Waals surface area contributed by atoms with E-state index < -0.39 is 6.55 Å². The molecule has 1 aliphatic heterocycles. The summed E-state index contributed by atoms with van der Waals surface area (Å²) >= 11 is 1.90. The number of likely N-dealkylation sites (N-methyl/N-ethyl adjacent to an activating group) is 1. The van der Waals surface area contributed by atoms with Crippen molar-refractivity contribution >= 4 is 34.3 Å². The first-order chi connectivity index (χ1) is 11.0. The summed E-state index contributed by atoms with van der Waals surface area (Å²) in [5.41, 5.74) is 0.954. The van der Waals surface area contributed by atoms with Gasteiger partial charge in [-0.2, -0.15) is 20.5 Å². The molecule has 2 aromatic rings. The number of fused-ring (bicyclic) bond motifs is 1. The maximum atomic E-state index is 12.9. The molecule has 0 saturated carbocycles. The van der Waals surface area contributed by atoms with E-state index in [1.807, 2.05) is 18.8 Å². The molecule has 1 saturated heterocycles. The summed E-state index contributed by atoms with van der Waals surface area (Å²) in [6.07, 6.45) is 2.45. The van der Waals surface area contributed by atoms with Gasteiger partial charge in [-0.1, -0.05) is 6.07 Å². The number of aromatic nitrogens is 1. The van der Waals surface area contributed by atoms with Crippen LogP contribution in [0.4, 0.5) is 14.5 Å². The van der Waals surface area contributed by atoms with E-state index in [0.29, 0.717) is 23.8 Å². The molecule has 1 unspecified atom stereocenters. The van der Waals surface area contributed by atoms with Gasteiger partial charge in [0.1, 0.15) is 0 Å². The zero-order chi connectivity index (χ0) is 16.4. The van der Waals surface area contributed by atoms with Gasteiger partial charge in [0.05, 0.1) is 12.1 Å². The van der Waals surface area contributed by atoms with Crippen molar-refractivity contribution in [2.75, 3.05) is 30.4 Å². The minimum Gasteiger partial charge on any atom is -0.325 e. The molecule has 1 amide bonds. The first-order valence-electron chi connectivity index (χ1n) is 7.51. The van der Waals surface area contributed by atoms with Crippen LogP contribution in [0.2, 0.25) is 0 Å². The highest BCUT2D eigenvalue weighted by Crippen LogP contribution is 2.25. The van der Waals surface area contributed by atoms with Crippen LogP contribution in [0.3, 0.4) is 0 Å². The molecule has 124 valence electrons. The number of carbonyl (C=O) groups is 1. The lowest BCUT2D eigenvalue weighted by atomic mass is 10.2. The van der Waals surface area contributed by atoms with E-state index >= 15 is 0 Å². The van der Waals surface area contributed by atoms with Crippen molar-refractivity contribution in [3.8, 4) is 0 Å². The van der Waals surface area contributed by atoms with Crippen molar-refractivity contribution in [2.45, 2.75) is 19.0 Å². The smallest absolute Gasteiger partial charge is 0.319 e. The Kier molecular flexibility index (Phi) is 4.87. The highest BCUT2D eigenvalue weighted by molar-refractivity contribution is 7.99. The van der Waals surface area contributed by atoms with Gasteiger partial charge in [-0.25, -0.2) is 0 Å². The molecular formula is C16H19F2N3OS. The fourth-order valence-corrected chi connectivity index (χ4v) is 4.12. The number of alkyl halides is 2. The van der Waals surface area contributed by atoms with Gasteiger partial charge in [-0.05, 0) is 42.8 Å². The molecule has 4 nitrogen and oxygen atoms in total. The molecule has 0 aliphatic carbocycles. The van der Waals surface area contributed by atoms with Gasteiger partial charge in [0.15, 0.2) is 0 Å². The summed E-state index contributed by atoms with van der Waals surface area (Å²) in [7, 11) is 1.95. The number of hydrogen-bond acceptors (Lipinski definition) is 3. The van der Waals surface area contributed by atoms with Crippen LogP contribution in [0.25, 0.3) is 10.9 Å². The van der Waals surface area contributed by atoms with Crippen molar-refractivity contribution in [1.82, 2.24) is 9.47 Å². The molecule has 7 heteroatoms. The maximum absolute atomic E-state index is 12.9. The second kappa shape index (κ2) is 6.88. The van der Waals surface area contributed by atoms with Crippen molar-refractivity contribution in [3.05, 3.63) is 30.5 Å².